The molecule has 1 aliphatic rings. The molecule has 0 N–H and O–H groups in total. The smallest absolute Gasteiger partial charge is 0.377 e. The third-order valence-electron chi connectivity index (χ3n) is 6.27. The van der Waals surface area contributed by atoms with E-state index in [4.69, 9.17) is 9.47 Å². The molecule has 0 radical (unpaired) electrons. The number of carbonyl (C=O) groups excluding carboxylic acids is 2. The minimum absolute atomic E-state index is 0.0362. The van der Waals surface area contributed by atoms with Gasteiger partial charge in [0.25, 0.3) is 5.78 Å². The van der Waals surface area contributed by atoms with Crippen molar-refractivity contribution in [3.63, 3.8) is 0 Å². The summed E-state index contributed by atoms with van der Waals surface area (Å²) in [5.74, 6) is -1.25. The summed E-state index contributed by atoms with van der Waals surface area (Å²) in [7, 11) is -1.86. The first-order valence-electron chi connectivity index (χ1n) is 10.7. The van der Waals surface area contributed by atoms with Gasteiger partial charge >= 0.3 is 5.97 Å². The van der Waals surface area contributed by atoms with Crippen molar-refractivity contribution in [3.05, 3.63) is 30.3 Å². The summed E-state index contributed by atoms with van der Waals surface area (Å²) in [4.78, 5) is 24.4. The molecule has 0 spiro atoms. The number of carbonyl (C=O) groups is 2. The van der Waals surface area contributed by atoms with Gasteiger partial charge in [-0.15, -0.1) is 0 Å². The quantitative estimate of drug-likeness (QED) is 0.247. The van der Waals surface area contributed by atoms with E-state index in [2.05, 4.69) is 58.0 Å². The van der Waals surface area contributed by atoms with E-state index in [9.17, 15) is 9.59 Å². The highest BCUT2D eigenvalue weighted by atomic mass is 28.3. The molecule has 1 heterocycles. The van der Waals surface area contributed by atoms with Gasteiger partial charge in [-0.1, -0.05) is 76.6 Å². The summed E-state index contributed by atoms with van der Waals surface area (Å²) >= 11 is 0. The normalized spacial score (nSPS) is 20.0. The number of rotatable bonds is 10. The van der Waals surface area contributed by atoms with E-state index in [1.54, 1.807) is 0 Å². The molecule has 1 aliphatic heterocycles. The Kier molecular flexibility index (Phi) is 8.44. The monoisotopic (exact) mass is 404 g/mol. The average Bonchev–Trinajstić information content (AvgIpc) is 3.14. The van der Waals surface area contributed by atoms with Crippen LogP contribution < -0.4 is 5.19 Å². The maximum absolute atomic E-state index is 12.4. The third kappa shape index (κ3) is 5.12. The molecule has 0 unspecified atom stereocenters. The molecule has 1 fully saturated rings. The molecule has 0 bridgehead atoms. The molecule has 4 nitrogen and oxygen atoms in total. The number of ketones is 1. The maximum Gasteiger partial charge on any atom is 0.377 e. The van der Waals surface area contributed by atoms with Gasteiger partial charge < -0.3 is 9.47 Å². The molecule has 2 rings (SSSR count). The molecule has 0 saturated carbocycles. The van der Waals surface area contributed by atoms with E-state index >= 15 is 0 Å². The fourth-order valence-electron chi connectivity index (χ4n) is 4.61. The molecule has 156 valence electrons. The number of ether oxygens (including phenoxy) is 2. The van der Waals surface area contributed by atoms with Crippen molar-refractivity contribution >= 4 is 25.0 Å². The van der Waals surface area contributed by atoms with Gasteiger partial charge in [-0.2, -0.15) is 0 Å². The third-order valence-corrected chi connectivity index (χ3v) is 12.9. The Hall–Kier alpha value is -1.46. The summed E-state index contributed by atoms with van der Waals surface area (Å²) in [6.07, 6.45) is 2.55. The molecule has 1 aromatic rings. The summed E-state index contributed by atoms with van der Waals surface area (Å²) in [6, 6.07) is 11.8. The first kappa shape index (κ1) is 22.8. The lowest BCUT2D eigenvalue weighted by Crippen LogP contribution is -2.55. The van der Waals surface area contributed by atoms with Crippen LogP contribution in [-0.4, -0.2) is 38.6 Å². The van der Waals surface area contributed by atoms with Crippen LogP contribution in [0.4, 0.5) is 0 Å². The Morgan fingerprint density at radius 2 is 1.75 bits per heavy atom. The summed E-state index contributed by atoms with van der Waals surface area (Å²) in [5, 5.41) is 1.46. The van der Waals surface area contributed by atoms with Crippen molar-refractivity contribution in [2.45, 2.75) is 89.6 Å². The zero-order valence-corrected chi connectivity index (χ0v) is 19.1. The summed E-state index contributed by atoms with van der Waals surface area (Å²) < 4.78 is 11.2. The Morgan fingerprint density at radius 3 is 2.32 bits per heavy atom. The Morgan fingerprint density at radius 1 is 1.11 bits per heavy atom. The van der Waals surface area contributed by atoms with Crippen molar-refractivity contribution < 1.29 is 19.1 Å². The lowest BCUT2D eigenvalue weighted by Gasteiger charge is -2.41. The molecule has 1 saturated heterocycles. The molecular weight excluding hydrogens is 368 g/mol. The summed E-state index contributed by atoms with van der Waals surface area (Å²) in [5.41, 5.74) is 1.12. The number of hydrogen-bond donors (Lipinski definition) is 0. The fraction of sp³-hybridized carbons (Fsp3) is 0.652. The molecule has 5 heteroatoms. The molecule has 0 aromatic heterocycles. The van der Waals surface area contributed by atoms with E-state index in [-0.39, 0.29) is 6.10 Å². The van der Waals surface area contributed by atoms with Crippen LogP contribution in [0.2, 0.25) is 17.1 Å². The van der Waals surface area contributed by atoms with Crippen LogP contribution >= 0.6 is 0 Å². The highest BCUT2D eigenvalue weighted by Gasteiger charge is 2.46. The molecular formula is C23H36O4Si. The highest BCUT2D eigenvalue weighted by Crippen LogP contribution is 2.39. The van der Waals surface area contributed by atoms with Crippen LogP contribution in [0, 0.1) is 0 Å². The minimum Gasteiger partial charge on any atom is -0.460 e. The fourth-order valence-corrected chi connectivity index (χ4v) is 10.3. The zero-order valence-electron chi connectivity index (χ0n) is 18.1. The van der Waals surface area contributed by atoms with Crippen LogP contribution in [0.1, 0.15) is 60.3 Å². The van der Waals surface area contributed by atoms with Crippen molar-refractivity contribution in [3.8, 4) is 0 Å². The first-order valence-corrected chi connectivity index (χ1v) is 13.1. The van der Waals surface area contributed by atoms with Crippen LogP contribution in [0.3, 0.4) is 0 Å². The number of Topliss-reactive ketones (excluding diaryl/α,β-unsaturated/α-hetero) is 1. The number of esters is 1. The Balaban J connectivity index is 2.09. The molecule has 2 atom stereocenters. The van der Waals surface area contributed by atoms with Crippen molar-refractivity contribution in [1.29, 1.82) is 0 Å². The van der Waals surface area contributed by atoms with Crippen molar-refractivity contribution in [2.24, 2.45) is 0 Å². The predicted octanol–water partition coefficient (Wildman–Crippen LogP) is 4.62. The minimum atomic E-state index is -1.86. The van der Waals surface area contributed by atoms with Gasteiger partial charge in [0.05, 0.1) is 20.8 Å². The number of unbranched alkanes of at least 4 members (excludes halogenated alkanes) is 1. The lowest BCUT2D eigenvalue weighted by molar-refractivity contribution is -0.158. The molecule has 0 aliphatic carbocycles. The van der Waals surface area contributed by atoms with Crippen molar-refractivity contribution in [2.75, 3.05) is 6.61 Å². The van der Waals surface area contributed by atoms with E-state index in [1.807, 2.05) is 6.92 Å². The second-order valence-corrected chi connectivity index (χ2v) is 14.0. The predicted molar refractivity (Wildman–Crippen MR) is 116 cm³/mol. The SMILES string of the molecule is CCCCOC(=O)C(=O)[C@H]1CC[C@@H](C[Si](c2ccccc2)(C(C)C)C(C)C)O1. The molecule has 0 amide bonds. The van der Waals surface area contributed by atoms with Gasteiger partial charge in [0, 0.05) is 0 Å². The van der Waals surface area contributed by atoms with Gasteiger partial charge in [0.15, 0.2) is 0 Å². The lowest BCUT2D eigenvalue weighted by atomic mass is 10.1. The highest BCUT2D eigenvalue weighted by molar-refractivity contribution is 6.94. The van der Waals surface area contributed by atoms with Crippen LogP contribution in [0.25, 0.3) is 0 Å². The maximum atomic E-state index is 12.4. The van der Waals surface area contributed by atoms with Gasteiger partial charge in [0.2, 0.25) is 0 Å². The molecule has 28 heavy (non-hydrogen) atoms. The van der Waals surface area contributed by atoms with E-state index in [0.29, 0.717) is 24.1 Å². The second-order valence-electron chi connectivity index (χ2n) is 8.60. The average molecular weight is 405 g/mol. The van der Waals surface area contributed by atoms with Crippen LogP contribution in [0.5, 0.6) is 0 Å². The molecule has 1 aromatic carbocycles. The number of hydrogen-bond acceptors (Lipinski definition) is 4. The zero-order chi connectivity index (χ0) is 20.7. The second kappa shape index (κ2) is 10.4. The van der Waals surface area contributed by atoms with Gasteiger partial charge in [-0.25, -0.2) is 4.79 Å². The largest absolute Gasteiger partial charge is 0.460 e. The van der Waals surface area contributed by atoms with Crippen LogP contribution in [-0.2, 0) is 19.1 Å². The van der Waals surface area contributed by atoms with Gasteiger partial charge in [0.1, 0.15) is 6.10 Å². The van der Waals surface area contributed by atoms with E-state index in [0.717, 1.165) is 25.3 Å². The number of benzene rings is 1. The van der Waals surface area contributed by atoms with E-state index < -0.39 is 25.9 Å². The summed E-state index contributed by atoms with van der Waals surface area (Å²) in [6.45, 7) is 11.6. The standard InChI is InChI=1S/C23H36O4Si/c1-6-7-15-26-23(25)22(24)21-14-13-19(27-21)16-28(17(2)3,18(4)5)20-11-9-8-10-12-20/h8-12,17-19,21H,6-7,13-16H2,1-5H3/t19-,21+/m0/s1. The first-order chi connectivity index (χ1) is 13.3. The Bertz CT molecular complexity index is 633. The van der Waals surface area contributed by atoms with Crippen molar-refractivity contribution in [1.82, 2.24) is 0 Å². The topological polar surface area (TPSA) is 52.6 Å². The Labute approximate surface area is 171 Å². The van der Waals surface area contributed by atoms with E-state index in [1.165, 1.54) is 5.19 Å². The van der Waals surface area contributed by atoms with Gasteiger partial charge in [-0.3, -0.25) is 4.79 Å². The van der Waals surface area contributed by atoms with Crippen LogP contribution in [0.15, 0.2) is 30.3 Å². The van der Waals surface area contributed by atoms with Gasteiger partial charge in [-0.05, 0) is 36.4 Å².